The Balaban J connectivity index is 2.00. The van der Waals surface area contributed by atoms with Crippen LogP contribution in [0.5, 0.6) is 5.75 Å². The highest BCUT2D eigenvalue weighted by Crippen LogP contribution is 2.21. The van der Waals surface area contributed by atoms with E-state index >= 15 is 0 Å². The first-order valence-electron chi connectivity index (χ1n) is 7.62. The van der Waals surface area contributed by atoms with Crippen LogP contribution in [0.1, 0.15) is 49.7 Å². The van der Waals surface area contributed by atoms with E-state index in [9.17, 15) is 0 Å². The molecule has 0 aromatic heterocycles. The zero-order chi connectivity index (χ0) is 15.1. The molecule has 0 unspecified atom stereocenters. The molecular formula is C16H25N3O2. The van der Waals surface area contributed by atoms with Crippen molar-refractivity contribution in [3.05, 3.63) is 29.3 Å². The molecule has 0 heterocycles. The van der Waals surface area contributed by atoms with Gasteiger partial charge >= 0.3 is 0 Å². The lowest BCUT2D eigenvalue weighted by Crippen LogP contribution is -2.27. The van der Waals surface area contributed by atoms with Crippen molar-refractivity contribution in [2.75, 3.05) is 7.11 Å². The van der Waals surface area contributed by atoms with E-state index < -0.39 is 0 Å². The molecule has 1 aliphatic carbocycles. The predicted octanol–water partition coefficient (Wildman–Crippen LogP) is 2.60. The number of nitrogens with two attached hydrogens (primary N) is 1. The average Bonchev–Trinajstić information content (AvgIpc) is 2.80. The third kappa shape index (κ3) is 4.36. The molecular weight excluding hydrogens is 266 g/mol. The first-order chi connectivity index (χ1) is 10.2. The second kappa shape index (κ2) is 7.88. The molecule has 1 aromatic rings. The Morgan fingerprint density at radius 3 is 2.67 bits per heavy atom. The number of oxime groups is 1. The Kier molecular flexibility index (Phi) is 5.87. The van der Waals surface area contributed by atoms with E-state index in [0.717, 1.165) is 12.1 Å². The molecule has 1 aromatic carbocycles. The maximum atomic E-state index is 8.77. The van der Waals surface area contributed by atoms with Crippen molar-refractivity contribution in [2.24, 2.45) is 10.9 Å². The smallest absolute Gasteiger partial charge is 0.173 e. The van der Waals surface area contributed by atoms with E-state index in [1.807, 2.05) is 18.2 Å². The fourth-order valence-corrected chi connectivity index (χ4v) is 2.86. The Labute approximate surface area is 126 Å². The van der Waals surface area contributed by atoms with Crippen LogP contribution >= 0.6 is 0 Å². The maximum Gasteiger partial charge on any atom is 0.173 e. The van der Waals surface area contributed by atoms with E-state index in [0.29, 0.717) is 17.4 Å². The number of hydrogen-bond donors (Lipinski definition) is 3. The summed E-state index contributed by atoms with van der Waals surface area (Å²) in [5.41, 5.74) is 7.39. The minimum absolute atomic E-state index is 0.0649. The van der Waals surface area contributed by atoms with Crippen LogP contribution in [0.4, 0.5) is 0 Å². The number of amidine groups is 1. The van der Waals surface area contributed by atoms with Gasteiger partial charge in [0.25, 0.3) is 0 Å². The monoisotopic (exact) mass is 291 g/mol. The van der Waals surface area contributed by atoms with Crippen LogP contribution in [-0.4, -0.2) is 24.2 Å². The van der Waals surface area contributed by atoms with Crippen molar-refractivity contribution in [2.45, 2.75) is 51.1 Å². The number of methoxy groups -OCH3 is 1. The summed E-state index contributed by atoms with van der Waals surface area (Å²) >= 11 is 0. The molecule has 0 spiro atoms. The number of hydrogen-bond acceptors (Lipinski definition) is 4. The second-order valence-corrected chi connectivity index (χ2v) is 5.59. The molecule has 0 bridgehead atoms. The molecule has 1 fully saturated rings. The Bertz CT molecular complexity index is 480. The van der Waals surface area contributed by atoms with Crippen molar-refractivity contribution in [1.82, 2.24) is 5.32 Å². The van der Waals surface area contributed by atoms with Crippen molar-refractivity contribution in [3.63, 3.8) is 0 Å². The third-order valence-corrected chi connectivity index (χ3v) is 4.10. The van der Waals surface area contributed by atoms with E-state index in [1.165, 1.54) is 38.5 Å². The normalized spacial score (nSPS) is 17.5. The van der Waals surface area contributed by atoms with Crippen molar-refractivity contribution in [3.8, 4) is 5.75 Å². The highest BCUT2D eigenvalue weighted by atomic mass is 16.5. The summed E-state index contributed by atoms with van der Waals surface area (Å²) in [5, 5.41) is 15.4. The summed E-state index contributed by atoms with van der Waals surface area (Å²) in [6, 6.07) is 6.37. The number of benzene rings is 1. The van der Waals surface area contributed by atoms with Crippen LogP contribution in [0.25, 0.3) is 0 Å². The molecule has 4 N–H and O–H groups in total. The molecule has 0 amide bonds. The van der Waals surface area contributed by atoms with Gasteiger partial charge in [-0.15, -0.1) is 0 Å². The number of rotatable bonds is 5. The Hall–Kier alpha value is -1.75. The first-order valence-corrected chi connectivity index (χ1v) is 7.62. The Morgan fingerprint density at radius 1 is 1.33 bits per heavy atom. The molecule has 0 aliphatic heterocycles. The maximum absolute atomic E-state index is 8.77. The molecule has 0 radical (unpaired) electrons. The minimum atomic E-state index is 0.0649. The lowest BCUT2D eigenvalue weighted by atomic mass is 10.1. The lowest BCUT2D eigenvalue weighted by molar-refractivity contribution is 0.318. The van der Waals surface area contributed by atoms with Gasteiger partial charge in [-0.1, -0.05) is 36.9 Å². The summed E-state index contributed by atoms with van der Waals surface area (Å²) in [6.07, 6.45) is 7.90. The molecule has 116 valence electrons. The van der Waals surface area contributed by atoms with Gasteiger partial charge in [-0.05, 0) is 30.5 Å². The van der Waals surface area contributed by atoms with Crippen LogP contribution in [0.3, 0.4) is 0 Å². The fourth-order valence-electron chi connectivity index (χ4n) is 2.86. The van der Waals surface area contributed by atoms with Gasteiger partial charge in [0.15, 0.2) is 5.84 Å². The molecule has 0 saturated heterocycles. The summed E-state index contributed by atoms with van der Waals surface area (Å²) in [4.78, 5) is 0. The summed E-state index contributed by atoms with van der Waals surface area (Å²) in [7, 11) is 1.59. The van der Waals surface area contributed by atoms with Crippen LogP contribution in [-0.2, 0) is 6.54 Å². The topological polar surface area (TPSA) is 79.9 Å². The van der Waals surface area contributed by atoms with Crippen LogP contribution in [0.2, 0.25) is 0 Å². The minimum Gasteiger partial charge on any atom is -0.496 e. The molecule has 21 heavy (non-hydrogen) atoms. The highest BCUT2D eigenvalue weighted by molar-refractivity contribution is 5.99. The van der Waals surface area contributed by atoms with Gasteiger partial charge in [0.2, 0.25) is 0 Å². The second-order valence-electron chi connectivity index (χ2n) is 5.59. The first kappa shape index (κ1) is 15.6. The largest absolute Gasteiger partial charge is 0.496 e. The van der Waals surface area contributed by atoms with Crippen LogP contribution in [0, 0.1) is 0 Å². The van der Waals surface area contributed by atoms with Crippen LogP contribution in [0.15, 0.2) is 23.4 Å². The quantitative estimate of drug-likeness (QED) is 0.256. The number of nitrogens with zero attached hydrogens (tertiary/aromatic N) is 1. The molecule has 1 saturated carbocycles. The standard InChI is InChI=1S/C16H25N3O2/c1-21-15-10-12(8-9-14(15)16(17)19-20)11-18-13-6-4-2-3-5-7-13/h8-10,13,18,20H,2-7,11H2,1H3,(H2,17,19). The predicted molar refractivity (Wildman–Crippen MR) is 83.8 cm³/mol. The molecule has 1 aliphatic rings. The summed E-state index contributed by atoms with van der Waals surface area (Å²) in [5.74, 6) is 0.695. The van der Waals surface area contributed by atoms with E-state index in [2.05, 4.69) is 10.5 Å². The molecule has 2 rings (SSSR count). The summed E-state index contributed by atoms with van der Waals surface area (Å²) in [6.45, 7) is 0.817. The van der Waals surface area contributed by atoms with E-state index in [-0.39, 0.29) is 5.84 Å². The van der Waals surface area contributed by atoms with Gasteiger partial charge in [0.1, 0.15) is 5.75 Å². The molecule has 5 nitrogen and oxygen atoms in total. The van der Waals surface area contributed by atoms with Gasteiger partial charge in [-0.25, -0.2) is 0 Å². The van der Waals surface area contributed by atoms with Crippen molar-refractivity contribution >= 4 is 5.84 Å². The van der Waals surface area contributed by atoms with Gasteiger partial charge < -0.3 is 21.0 Å². The fraction of sp³-hybridized carbons (Fsp3) is 0.562. The van der Waals surface area contributed by atoms with Crippen molar-refractivity contribution in [1.29, 1.82) is 0 Å². The van der Waals surface area contributed by atoms with Gasteiger partial charge in [0.05, 0.1) is 12.7 Å². The molecule has 5 heteroatoms. The highest BCUT2D eigenvalue weighted by Gasteiger charge is 2.13. The van der Waals surface area contributed by atoms with Crippen molar-refractivity contribution < 1.29 is 9.94 Å². The average molecular weight is 291 g/mol. The number of nitrogens with one attached hydrogen (secondary N) is 1. The SMILES string of the molecule is COc1cc(CNC2CCCCCC2)ccc1/C(N)=N/O. The van der Waals surface area contributed by atoms with E-state index in [4.69, 9.17) is 15.7 Å². The number of ether oxygens (including phenoxy) is 1. The zero-order valence-electron chi connectivity index (χ0n) is 12.6. The van der Waals surface area contributed by atoms with E-state index in [1.54, 1.807) is 7.11 Å². The van der Waals surface area contributed by atoms with Gasteiger partial charge in [-0.2, -0.15) is 0 Å². The Morgan fingerprint density at radius 2 is 2.05 bits per heavy atom. The zero-order valence-corrected chi connectivity index (χ0v) is 12.6. The lowest BCUT2D eigenvalue weighted by Gasteiger charge is -2.17. The molecule has 0 atom stereocenters. The van der Waals surface area contributed by atoms with Crippen LogP contribution < -0.4 is 15.8 Å². The van der Waals surface area contributed by atoms with Gasteiger partial charge in [-0.3, -0.25) is 0 Å². The third-order valence-electron chi connectivity index (χ3n) is 4.10. The summed E-state index contributed by atoms with van der Waals surface area (Å²) < 4.78 is 5.32. The van der Waals surface area contributed by atoms with Gasteiger partial charge in [0, 0.05) is 12.6 Å².